The zero-order valence-corrected chi connectivity index (χ0v) is 9.30. The van der Waals surface area contributed by atoms with E-state index in [1.807, 2.05) is 12.1 Å². The number of carboxylic acid groups (broad SMARTS) is 1. The van der Waals surface area contributed by atoms with Gasteiger partial charge in [0.2, 0.25) is 5.91 Å². The topological polar surface area (TPSA) is 83.6 Å². The minimum absolute atomic E-state index is 0.322. The summed E-state index contributed by atoms with van der Waals surface area (Å²) in [6.45, 7) is -0.344. The molecule has 1 amide bonds. The summed E-state index contributed by atoms with van der Waals surface area (Å²) in [5, 5.41) is 8.85. The van der Waals surface area contributed by atoms with Crippen molar-refractivity contribution < 1.29 is 14.7 Å². The van der Waals surface area contributed by atoms with Crippen molar-refractivity contribution in [3.63, 3.8) is 0 Å². The van der Waals surface area contributed by atoms with Gasteiger partial charge in [-0.1, -0.05) is 18.2 Å². The van der Waals surface area contributed by atoms with E-state index in [0.717, 1.165) is 5.56 Å². The summed E-state index contributed by atoms with van der Waals surface area (Å²) in [5.74, 6) is -1.36. The summed E-state index contributed by atoms with van der Waals surface area (Å²) in [6.07, 6.45) is 1.24. The van der Waals surface area contributed by atoms with Crippen molar-refractivity contribution >= 4 is 17.6 Å². The van der Waals surface area contributed by atoms with E-state index in [1.165, 1.54) is 4.90 Å². The Morgan fingerprint density at radius 1 is 1.47 bits per heavy atom. The van der Waals surface area contributed by atoms with Crippen molar-refractivity contribution in [1.29, 1.82) is 0 Å². The van der Waals surface area contributed by atoms with Crippen LogP contribution in [0.15, 0.2) is 24.3 Å². The summed E-state index contributed by atoms with van der Waals surface area (Å²) < 4.78 is 0. The number of fused-ring (bicyclic) bond motifs is 1. The van der Waals surface area contributed by atoms with Gasteiger partial charge in [-0.25, -0.2) is 0 Å². The number of hydrogen-bond acceptors (Lipinski definition) is 3. The summed E-state index contributed by atoms with van der Waals surface area (Å²) in [4.78, 5) is 24.0. The maximum Gasteiger partial charge on any atom is 0.323 e. The predicted molar refractivity (Wildman–Crippen MR) is 62.7 cm³/mol. The van der Waals surface area contributed by atoms with Crippen LogP contribution in [-0.2, 0) is 16.0 Å². The molecule has 5 nitrogen and oxygen atoms in total. The van der Waals surface area contributed by atoms with Crippen LogP contribution in [0.4, 0.5) is 5.69 Å². The molecule has 1 aliphatic heterocycles. The lowest BCUT2D eigenvalue weighted by Crippen LogP contribution is -2.45. The zero-order valence-electron chi connectivity index (χ0n) is 9.30. The maximum absolute atomic E-state index is 12.0. The molecule has 17 heavy (non-hydrogen) atoms. The summed E-state index contributed by atoms with van der Waals surface area (Å²) in [5.41, 5.74) is 7.37. The summed E-state index contributed by atoms with van der Waals surface area (Å²) >= 11 is 0. The first-order chi connectivity index (χ1) is 8.09. The number of nitrogens with two attached hydrogens (primary N) is 1. The molecule has 0 aliphatic carbocycles. The number of anilines is 1. The van der Waals surface area contributed by atoms with Crippen molar-refractivity contribution in [3.8, 4) is 0 Å². The number of rotatable bonds is 2. The van der Waals surface area contributed by atoms with Crippen molar-refractivity contribution in [3.05, 3.63) is 29.8 Å². The number of benzene rings is 1. The first-order valence-electron chi connectivity index (χ1n) is 5.46. The van der Waals surface area contributed by atoms with E-state index in [1.54, 1.807) is 12.1 Å². The molecule has 0 fully saturated rings. The molecule has 0 radical (unpaired) electrons. The van der Waals surface area contributed by atoms with E-state index in [4.69, 9.17) is 10.8 Å². The molecule has 1 heterocycles. The molecule has 3 N–H and O–H groups in total. The molecular formula is C12H14N2O3. The second-order valence-electron chi connectivity index (χ2n) is 4.09. The molecule has 0 spiro atoms. The van der Waals surface area contributed by atoms with Crippen LogP contribution < -0.4 is 10.6 Å². The Kier molecular flexibility index (Phi) is 3.10. The van der Waals surface area contributed by atoms with Crippen LogP contribution in [0.1, 0.15) is 12.0 Å². The van der Waals surface area contributed by atoms with Crippen LogP contribution >= 0.6 is 0 Å². The third-order valence-electron chi connectivity index (χ3n) is 2.88. The number of aliphatic carboxylic acids is 1. The number of carbonyl (C=O) groups is 2. The van der Waals surface area contributed by atoms with Crippen molar-refractivity contribution in [2.75, 3.05) is 11.4 Å². The highest BCUT2D eigenvalue weighted by Gasteiger charge is 2.28. The highest BCUT2D eigenvalue weighted by Crippen LogP contribution is 2.26. The van der Waals surface area contributed by atoms with E-state index in [2.05, 4.69) is 0 Å². The smallest absolute Gasteiger partial charge is 0.323 e. The number of para-hydroxylation sites is 1. The Labute approximate surface area is 98.8 Å². The summed E-state index contributed by atoms with van der Waals surface area (Å²) in [7, 11) is 0. The van der Waals surface area contributed by atoms with Gasteiger partial charge in [0.1, 0.15) is 6.54 Å². The fourth-order valence-electron chi connectivity index (χ4n) is 2.04. The minimum Gasteiger partial charge on any atom is -0.480 e. The van der Waals surface area contributed by atoms with Gasteiger partial charge in [-0.2, -0.15) is 0 Å². The molecule has 1 unspecified atom stereocenters. The van der Waals surface area contributed by atoms with E-state index < -0.39 is 12.0 Å². The van der Waals surface area contributed by atoms with Gasteiger partial charge in [0, 0.05) is 5.69 Å². The van der Waals surface area contributed by atoms with Gasteiger partial charge < -0.3 is 10.8 Å². The molecule has 0 bridgehead atoms. The highest BCUT2D eigenvalue weighted by molar-refractivity contribution is 6.01. The molecule has 0 saturated heterocycles. The highest BCUT2D eigenvalue weighted by atomic mass is 16.4. The van der Waals surface area contributed by atoms with E-state index in [9.17, 15) is 9.59 Å². The number of amides is 1. The lowest BCUT2D eigenvalue weighted by atomic mass is 10.1. The second kappa shape index (κ2) is 4.55. The number of nitrogens with zero attached hydrogens (tertiary/aromatic N) is 1. The molecule has 1 aromatic rings. The SMILES string of the molecule is NC1CCc2ccccc2N(CC(=O)O)C1=O. The molecule has 1 aromatic carbocycles. The van der Waals surface area contributed by atoms with Gasteiger partial charge in [-0.05, 0) is 24.5 Å². The van der Waals surface area contributed by atoms with Crippen LogP contribution in [0, 0.1) is 0 Å². The van der Waals surface area contributed by atoms with E-state index >= 15 is 0 Å². The largest absolute Gasteiger partial charge is 0.480 e. The number of carbonyl (C=O) groups excluding carboxylic acids is 1. The average molecular weight is 234 g/mol. The predicted octanol–water partition coefficient (Wildman–Crippen LogP) is 0.378. The monoisotopic (exact) mass is 234 g/mol. The Morgan fingerprint density at radius 2 is 2.18 bits per heavy atom. The van der Waals surface area contributed by atoms with Crippen LogP contribution in [0.3, 0.4) is 0 Å². The zero-order chi connectivity index (χ0) is 12.4. The van der Waals surface area contributed by atoms with Crippen molar-refractivity contribution in [1.82, 2.24) is 0 Å². The molecule has 0 aromatic heterocycles. The number of aryl methyl sites for hydroxylation is 1. The lowest BCUT2D eigenvalue weighted by Gasteiger charge is -2.22. The third kappa shape index (κ3) is 2.29. The molecular weight excluding hydrogens is 220 g/mol. The van der Waals surface area contributed by atoms with Crippen molar-refractivity contribution in [2.24, 2.45) is 5.73 Å². The van der Waals surface area contributed by atoms with Gasteiger partial charge in [-0.15, -0.1) is 0 Å². The first kappa shape index (κ1) is 11.6. The van der Waals surface area contributed by atoms with Gasteiger partial charge in [0.15, 0.2) is 0 Å². The molecule has 1 atom stereocenters. The summed E-state index contributed by atoms with van der Waals surface area (Å²) in [6, 6.07) is 6.70. The Balaban J connectivity index is 2.43. The molecule has 1 aliphatic rings. The standard InChI is InChI=1S/C12H14N2O3/c13-9-6-5-8-3-1-2-4-10(8)14(12(9)17)7-11(15)16/h1-4,9H,5-7,13H2,(H,15,16). The van der Waals surface area contributed by atoms with Gasteiger partial charge >= 0.3 is 5.97 Å². The minimum atomic E-state index is -1.04. The maximum atomic E-state index is 12.0. The Morgan fingerprint density at radius 3 is 2.88 bits per heavy atom. The third-order valence-corrected chi connectivity index (χ3v) is 2.88. The Bertz CT molecular complexity index is 459. The average Bonchev–Trinajstić information content (AvgIpc) is 2.42. The van der Waals surface area contributed by atoms with Crippen molar-refractivity contribution in [2.45, 2.75) is 18.9 Å². The normalized spacial score (nSPS) is 19.7. The van der Waals surface area contributed by atoms with E-state index in [-0.39, 0.29) is 12.5 Å². The van der Waals surface area contributed by atoms with Gasteiger partial charge in [0.25, 0.3) is 0 Å². The molecule has 90 valence electrons. The molecule has 2 rings (SSSR count). The van der Waals surface area contributed by atoms with E-state index in [0.29, 0.717) is 18.5 Å². The van der Waals surface area contributed by atoms with Crippen LogP contribution in [0.5, 0.6) is 0 Å². The Hall–Kier alpha value is -1.88. The fourth-order valence-corrected chi connectivity index (χ4v) is 2.04. The van der Waals surface area contributed by atoms with Crippen LogP contribution in [-0.4, -0.2) is 29.6 Å². The first-order valence-corrected chi connectivity index (χ1v) is 5.46. The van der Waals surface area contributed by atoms with Gasteiger partial charge in [-0.3, -0.25) is 14.5 Å². The number of carboxylic acids is 1. The fraction of sp³-hybridized carbons (Fsp3) is 0.333. The lowest BCUT2D eigenvalue weighted by molar-refractivity contribution is -0.136. The van der Waals surface area contributed by atoms with Crippen LogP contribution in [0.25, 0.3) is 0 Å². The second-order valence-corrected chi connectivity index (χ2v) is 4.09. The van der Waals surface area contributed by atoms with Gasteiger partial charge in [0.05, 0.1) is 6.04 Å². The molecule has 5 heteroatoms. The quantitative estimate of drug-likeness (QED) is 0.774. The molecule has 0 saturated carbocycles. The number of hydrogen-bond donors (Lipinski definition) is 2. The van der Waals surface area contributed by atoms with Crippen LogP contribution in [0.2, 0.25) is 0 Å².